The second-order valence-corrected chi connectivity index (χ2v) is 8.10. The van der Waals surface area contributed by atoms with Crippen molar-refractivity contribution < 1.29 is 13.2 Å². The summed E-state index contributed by atoms with van der Waals surface area (Å²) in [6.45, 7) is 2.57. The van der Waals surface area contributed by atoms with Gasteiger partial charge in [0, 0.05) is 19.0 Å². The molecule has 110 valence electrons. The third-order valence-electron chi connectivity index (χ3n) is 4.52. The molecule has 0 N–H and O–H groups in total. The first kappa shape index (κ1) is 15.0. The predicted octanol–water partition coefficient (Wildman–Crippen LogP) is 2.20. The van der Waals surface area contributed by atoms with Crippen molar-refractivity contribution in [2.24, 2.45) is 11.8 Å². The summed E-state index contributed by atoms with van der Waals surface area (Å²) in [5, 5.41) is 0. The summed E-state index contributed by atoms with van der Waals surface area (Å²) in [7, 11) is -3.17. The topological polar surface area (TPSA) is 54.5 Å². The highest BCUT2D eigenvalue weighted by Gasteiger charge is 2.32. The third kappa shape index (κ3) is 4.02. The Bertz CT molecular complexity index is 412. The van der Waals surface area contributed by atoms with Gasteiger partial charge in [0.1, 0.15) is 5.78 Å². The van der Waals surface area contributed by atoms with Crippen molar-refractivity contribution in [3.63, 3.8) is 0 Å². The molecule has 1 aliphatic heterocycles. The molecule has 2 rings (SSSR count). The van der Waals surface area contributed by atoms with Crippen LogP contribution in [-0.2, 0) is 14.8 Å². The molecule has 1 heterocycles. The largest absolute Gasteiger partial charge is 0.300 e. The van der Waals surface area contributed by atoms with Crippen molar-refractivity contribution in [3.05, 3.63) is 0 Å². The maximum absolute atomic E-state index is 12.4. The fourth-order valence-corrected chi connectivity index (χ4v) is 5.24. The number of sulfonamides is 1. The minimum absolute atomic E-state index is 0.0881. The Balaban J connectivity index is 1.96. The van der Waals surface area contributed by atoms with Gasteiger partial charge in [-0.3, -0.25) is 4.79 Å². The van der Waals surface area contributed by atoms with E-state index < -0.39 is 10.0 Å². The molecule has 0 aromatic rings. The lowest BCUT2D eigenvalue weighted by Crippen LogP contribution is -2.44. The van der Waals surface area contributed by atoms with Gasteiger partial charge in [-0.25, -0.2) is 12.7 Å². The fraction of sp³-hybridized carbons (Fsp3) is 0.929. The van der Waals surface area contributed by atoms with Crippen LogP contribution >= 0.6 is 0 Å². The van der Waals surface area contributed by atoms with Gasteiger partial charge < -0.3 is 0 Å². The summed E-state index contributed by atoms with van der Waals surface area (Å²) in [4.78, 5) is 11.4. The van der Waals surface area contributed by atoms with Crippen LogP contribution in [0.5, 0.6) is 0 Å². The number of carbonyl (C=O) groups excluding carboxylic acids is 1. The summed E-state index contributed by atoms with van der Waals surface area (Å²) < 4.78 is 26.4. The molecule has 0 radical (unpaired) electrons. The van der Waals surface area contributed by atoms with E-state index in [2.05, 4.69) is 0 Å². The van der Waals surface area contributed by atoms with Crippen molar-refractivity contribution in [3.8, 4) is 0 Å². The zero-order valence-corrected chi connectivity index (χ0v) is 12.6. The van der Waals surface area contributed by atoms with Crippen LogP contribution in [0.3, 0.4) is 0 Å². The lowest BCUT2D eigenvalue weighted by Gasteiger charge is -2.32. The predicted molar refractivity (Wildman–Crippen MR) is 75.3 cm³/mol. The van der Waals surface area contributed by atoms with E-state index in [1.807, 2.05) is 0 Å². The number of carbonyl (C=O) groups is 1. The number of hydrogen-bond acceptors (Lipinski definition) is 3. The van der Waals surface area contributed by atoms with E-state index in [0.717, 1.165) is 38.5 Å². The normalized spacial score (nSPS) is 27.3. The van der Waals surface area contributed by atoms with Gasteiger partial charge in [0.05, 0.1) is 5.75 Å². The quantitative estimate of drug-likeness (QED) is 0.796. The zero-order valence-electron chi connectivity index (χ0n) is 11.8. The van der Waals surface area contributed by atoms with Crippen LogP contribution in [0.25, 0.3) is 0 Å². The van der Waals surface area contributed by atoms with E-state index in [9.17, 15) is 13.2 Å². The molecule has 0 amide bonds. The van der Waals surface area contributed by atoms with Crippen molar-refractivity contribution in [1.29, 1.82) is 0 Å². The minimum atomic E-state index is -3.17. The molecular formula is C14H25NO3S. The van der Waals surface area contributed by atoms with Gasteiger partial charge >= 0.3 is 0 Å². The molecule has 1 aliphatic carbocycles. The van der Waals surface area contributed by atoms with E-state index in [-0.39, 0.29) is 17.5 Å². The fourth-order valence-electron chi connectivity index (χ4n) is 3.28. The monoisotopic (exact) mass is 287 g/mol. The maximum Gasteiger partial charge on any atom is 0.214 e. The average molecular weight is 287 g/mol. The van der Waals surface area contributed by atoms with Gasteiger partial charge in [-0.05, 0) is 38.5 Å². The average Bonchev–Trinajstić information content (AvgIpc) is 2.39. The molecule has 0 bridgehead atoms. The first-order valence-corrected chi connectivity index (χ1v) is 9.08. The Morgan fingerprint density at radius 3 is 2.42 bits per heavy atom. The third-order valence-corrected chi connectivity index (χ3v) is 6.53. The molecule has 0 aromatic heterocycles. The van der Waals surface area contributed by atoms with E-state index in [1.165, 1.54) is 6.42 Å². The van der Waals surface area contributed by atoms with Crippen molar-refractivity contribution >= 4 is 15.8 Å². The van der Waals surface area contributed by atoms with Gasteiger partial charge in [0.25, 0.3) is 0 Å². The summed E-state index contributed by atoms with van der Waals surface area (Å²) in [5.74, 6) is 0.654. The number of piperidine rings is 1. The van der Waals surface area contributed by atoms with Crippen LogP contribution in [0.2, 0.25) is 0 Å². The summed E-state index contributed by atoms with van der Waals surface area (Å²) in [6, 6.07) is 0. The Hall–Kier alpha value is -0.420. The first-order chi connectivity index (χ1) is 8.99. The van der Waals surface area contributed by atoms with Gasteiger partial charge in [0.2, 0.25) is 10.0 Å². The van der Waals surface area contributed by atoms with Crippen LogP contribution in [0.15, 0.2) is 0 Å². The molecule has 5 heteroatoms. The highest BCUT2D eigenvalue weighted by atomic mass is 32.2. The molecular weight excluding hydrogens is 262 g/mol. The van der Waals surface area contributed by atoms with Crippen molar-refractivity contribution in [2.75, 3.05) is 18.8 Å². The van der Waals surface area contributed by atoms with Crippen LogP contribution in [0.1, 0.15) is 51.9 Å². The summed E-state index contributed by atoms with van der Waals surface area (Å²) in [5.41, 5.74) is 0. The molecule has 1 unspecified atom stereocenters. The van der Waals surface area contributed by atoms with E-state index in [4.69, 9.17) is 0 Å². The van der Waals surface area contributed by atoms with Crippen LogP contribution in [-0.4, -0.2) is 37.3 Å². The van der Waals surface area contributed by atoms with Crippen LogP contribution in [0.4, 0.5) is 0 Å². The van der Waals surface area contributed by atoms with Crippen LogP contribution in [0, 0.1) is 11.8 Å². The molecule has 2 fully saturated rings. The molecule has 19 heavy (non-hydrogen) atoms. The number of nitrogens with zero attached hydrogens (tertiary/aromatic N) is 1. The highest BCUT2D eigenvalue weighted by molar-refractivity contribution is 7.89. The Morgan fingerprint density at radius 2 is 1.79 bits per heavy atom. The van der Waals surface area contributed by atoms with Crippen LogP contribution < -0.4 is 0 Å². The zero-order chi connectivity index (χ0) is 13.9. The smallest absolute Gasteiger partial charge is 0.214 e. The molecule has 4 nitrogen and oxygen atoms in total. The molecule has 2 aliphatic rings. The van der Waals surface area contributed by atoms with E-state index in [0.29, 0.717) is 19.0 Å². The maximum atomic E-state index is 12.4. The van der Waals surface area contributed by atoms with Gasteiger partial charge in [-0.2, -0.15) is 0 Å². The Labute approximate surface area is 116 Å². The number of ketones is 1. The van der Waals surface area contributed by atoms with Crippen molar-refractivity contribution in [1.82, 2.24) is 4.31 Å². The first-order valence-electron chi connectivity index (χ1n) is 7.47. The molecule has 0 aromatic carbocycles. The number of rotatable bonds is 4. The van der Waals surface area contributed by atoms with Crippen molar-refractivity contribution in [2.45, 2.75) is 51.9 Å². The van der Waals surface area contributed by atoms with Gasteiger partial charge in [0.15, 0.2) is 0 Å². The number of Topliss-reactive ketones (excluding diaryl/α,β-unsaturated/α-hetero) is 1. The minimum Gasteiger partial charge on any atom is -0.300 e. The lowest BCUT2D eigenvalue weighted by atomic mass is 9.91. The summed E-state index contributed by atoms with van der Waals surface area (Å²) in [6.07, 6.45) is 7.31. The van der Waals surface area contributed by atoms with Gasteiger partial charge in [-0.15, -0.1) is 0 Å². The van der Waals surface area contributed by atoms with E-state index in [1.54, 1.807) is 11.2 Å². The highest BCUT2D eigenvalue weighted by Crippen LogP contribution is 2.27. The SMILES string of the molecule is CC(=O)C1CCCN(S(=O)(=O)CC2CCCCC2)C1. The Kier molecular flexibility index (Phi) is 5.01. The number of hydrogen-bond donors (Lipinski definition) is 0. The summed E-state index contributed by atoms with van der Waals surface area (Å²) >= 11 is 0. The molecule has 1 saturated carbocycles. The second-order valence-electron chi connectivity index (χ2n) is 6.09. The Morgan fingerprint density at radius 1 is 1.11 bits per heavy atom. The molecule has 0 spiro atoms. The lowest BCUT2D eigenvalue weighted by molar-refractivity contribution is -0.121. The standard InChI is InChI=1S/C14H25NO3S/c1-12(16)14-8-5-9-15(10-14)19(17,18)11-13-6-3-2-4-7-13/h13-14H,2-11H2,1H3. The second kappa shape index (κ2) is 6.35. The molecule has 1 atom stereocenters. The van der Waals surface area contributed by atoms with E-state index >= 15 is 0 Å². The molecule has 1 saturated heterocycles. The van der Waals surface area contributed by atoms with Gasteiger partial charge in [-0.1, -0.05) is 19.3 Å².